The summed E-state index contributed by atoms with van der Waals surface area (Å²) >= 11 is 1.22. The average Bonchev–Trinajstić information content (AvgIpc) is 2.87. The van der Waals surface area contributed by atoms with Crippen LogP contribution in [0.5, 0.6) is 0 Å². The molecule has 6 nitrogen and oxygen atoms in total. The maximum absolute atomic E-state index is 12.5. The quantitative estimate of drug-likeness (QED) is 0.720. The van der Waals surface area contributed by atoms with Crippen molar-refractivity contribution in [1.82, 2.24) is 4.31 Å². The predicted molar refractivity (Wildman–Crippen MR) is 72.8 cm³/mol. The van der Waals surface area contributed by atoms with Gasteiger partial charge in [0, 0.05) is 32.2 Å². The van der Waals surface area contributed by atoms with E-state index in [1.165, 1.54) is 35.9 Å². The number of ether oxygens (including phenoxy) is 2. The van der Waals surface area contributed by atoms with Crippen LogP contribution in [0.4, 0.5) is 0 Å². The van der Waals surface area contributed by atoms with E-state index in [0.29, 0.717) is 18.1 Å². The van der Waals surface area contributed by atoms with Crippen molar-refractivity contribution in [3.05, 3.63) is 16.3 Å². The molecule has 110 valence electrons. The minimum Gasteiger partial charge on any atom is -0.391 e. The molecule has 19 heavy (non-hydrogen) atoms. The van der Waals surface area contributed by atoms with Gasteiger partial charge in [-0.3, -0.25) is 0 Å². The van der Waals surface area contributed by atoms with Crippen molar-refractivity contribution in [2.24, 2.45) is 0 Å². The second-order valence-corrected chi connectivity index (χ2v) is 6.66. The SMILES string of the molecule is COCCN(CCOC)S(=O)(=O)c1ccsc1CO. The zero-order valence-electron chi connectivity index (χ0n) is 11.0. The Morgan fingerprint density at radius 1 is 1.26 bits per heavy atom. The van der Waals surface area contributed by atoms with Crippen LogP contribution in [0.15, 0.2) is 16.3 Å². The molecule has 0 aliphatic rings. The fourth-order valence-electron chi connectivity index (χ4n) is 1.55. The Labute approximate surface area is 117 Å². The molecule has 0 aromatic carbocycles. The smallest absolute Gasteiger partial charge is 0.244 e. The molecule has 1 N–H and O–H groups in total. The molecule has 0 radical (unpaired) electrons. The number of sulfonamides is 1. The van der Waals surface area contributed by atoms with Crippen LogP contribution < -0.4 is 0 Å². The molecule has 0 fully saturated rings. The number of rotatable bonds is 9. The summed E-state index contributed by atoms with van der Waals surface area (Å²) in [6, 6.07) is 1.51. The highest BCUT2D eigenvalue weighted by molar-refractivity contribution is 7.89. The molecule has 0 atom stereocenters. The Kier molecular flexibility index (Phi) is 6.90. The minimum atomic E-state index is -3.62. The second kappa shape index (κ2) is 7.93. The van der Waals surface area contributed by atoms with E-state index in [1.54, 1.807) is 5.38 Å². The molecule has 1 aromatic rings. The third kappa shape index (κ3) is 4.23. The van der Waals surface area contributed by atoms with Crippen LogP contribution in [0.1, 0.15) is 4.88 Å². The molecule has 1 rings (SSSR count). The van der Waals surface area contributed by atoms with Crippen LogP contribution in [-0.4, -0.2) is 58.4 Å². The van der Waals surface area contributed by atoms with Gasteiger partial charge in [-0.2, -0.15) is 4.31 Å². The van der Waals surface area contributed by atoms with Crippen molar-refractivity contribution in [1.29, 1.82) is 0 Å². The number of hydrogen-bond donors (Lipinski definition) is 1. The summed E-state index contributed by atoms with van der Waals surface area (Å²) in [7, 11) is -0.584. The van der Waals surface area contributed by atoms with E-state index in [-0.39, 0.29) is 24.6 Å². The van der Waals surface area contributed by atoms with Gasteiger partial charge in [-0.15, -0.1) is 11.3 Å². The van der Waals surface area contributed by atoms with Crippen molar-refractivity contribution in [2.75, 3.05) is 40.5 Å². The molecular weight excluding hydrogens is 290 g/mol. The van der Waals surface area contributed by atoms with Gasteiger partial charge in [0.25, 0.3) is 0 Å². The molecule has 8 heteroatoms. The Balaban J connectivity index is 2.97. The molecule has 0 spiro atoms. The fraction of sp³-hybridized carbons (Fsp3) is 0.636. The summed E-state index contributed by atoms with van der Waals surface area (Å²) in [5, 5.41) is 10.8. The lowest BCUT2D eigenvalue weighted by Gasteiger charge is -2.21. The lowest BCUT2D eigenvalue weighted by atomic mass is 10.5. The third-order valence-corrected chi connectivity index (χ3v) is 5.57. The van der Waals surface area contributed by atoms with Gasteiger partial charge in [0.1, 0.15) is 0 Å². The van der Waals surface area contributed by atoms with Crippen molar-refractivity contribution in [3.63, 3.8) is 0 Å². The van der Waals surface area contributed by atoms with Crippen LogP contribution >= 0.6 is 11.3 Å². The van der Waals surface area contributed by atoms with Crippen LogP contribution in [-0.2, 0) is 26.1 Å². The van der Waals surface area contributed by atoms with Gasteiger partial charge in [-0.1, -0.05) is 0 Å². The van der Waals surface area contributed by atoms with Crippen LogP contribution in [0.2, 0.25) is 0 Å². The Bertz CT molecular complexity index is 463. The average molecular weight is 309 g/mol. The summed E-state index contributed by atoms with van der Waals surface area (Å²) < 4.78 is 36.2. The van der Waals surface area contributed by atoms with E-state index < -0.39 is 10.0 Å². The molecule has 0 bridgehead atoms. The maximum atomic E-state index is 12.5. The van der Waals surface area contributed by atoms with E-state index in [4.69, 9.17) is 9.47 Å². The number of nitrogens with zero attached hydrogens (tertiary/aromatic N) is 1. The zero-order chi connectivity index (χ0) is 14.3. The van der Waals surface area contributed by atoms with Gasteiger partial charge < -0.3 is 14.6 Å². The highest BCUT2D eigenvalue weighted by Crippen LogP contribution is 2.25. The van der Waals surface area contributed by atoms with Gasteiger partial charge >= 0.3 is 0 Å². The molecule has 0 saturated carbocycles. The molecule has 1 aromatic heterocycles. The summed E-state index contributed by atoms with van der Waals surface area (Å²) in [5.41, 5.74) is 0. The molecule has 0 aliphatic heterocycles. The number of thiophene rings is 1. The number of hydrogen-bond acceptors (Lipinski definition) is 6. The van der Waals surface area contributed by atoms with Gasteiger partial charge in [0.2, 0.25) is 10.0 Å². The van der Waals surface area contributed by atoms with Gasteiger partial charge in [0.15, 0.2) is 0 Å². The van der Waals surface area contributed by atoms with E-state index in [1.807, 2.05) is 0 Å². The fourth-order valence-corrected chi connectivity index (χ4v) is 4.23. The van der Waals surface area contributed by atoms with Crippen LogP contribution in [0, 0.1) is 0 Å². The molecule has 0 saturated heterocycles. The zero-order valence-corrected chi connectivity index (χ0v) is 12.7. The first-order valence-electron chi connectivity index (χ1n) is 5.73. The standard InChI is InChI=1S/C11H19NO5S2/c1-16-6-4-12(5-7-17-2)19(14,15)11-3-8-18-10(11)9-13/h3,8,13H,4-7,9H2,1-2H3. The Morgan fingerprint density at radius 3 is 2.32 bits per heavy atom. The summed E-state index contributed by atoms with van der Waals surface area (Å²) in [6.07, 6.45) is 0. The first kappa shape index (κ1) is 16.5. The Morgan fingerprint density at radius 2 is 1.84 bits per heavy atom. The normalized spacial score (nSPS) is 12.2. The highest BCUT2D eigenvalue weighted by Gasteiger charge is 2.27. The largest absolute Gasteiger partial charge is 0.391 e. The molecule has 0 unspecified atom stereocenters. The molecule has 0 aliphatic carbocycles. The van der Waals surface area contributed by atoms with Crippen LogP contribution in [0.25, 0.3) is 0 Å². The number of aliphatic hydroxyl groups is 1. The van der Waals surface area contributed by atoms with Crippen molar-refractivity contribution in [2.45, 2.75) is 11.5 Å². The summed E-state index contributed by atoms with van der Waals surface area (Å²) in [6.45, 7) is 0.837. The van der Waals surface area contributed by atoms with Crippen LogP contribution in [0.3, 0.4) is 0 Å². The lowest BCUT2D eigenvalue weighted by molar-refractivity contribution is 0.150. The molecular formula is C11H19NO5S2. The van der Waals surface area contributed by atoms with E-state index in [9.17, 15) is 13.5 Å². The third-order valence-electron chi connectivity index (χ3n) is 2.56. The van der Waals surface area contributed by atoms with E-state index in [2.05, 4.69) is 0 Å². The Hall–Kier alpha value is -0.510. The molecule has 0 amide bonds. The van der Waals surface area contributed by atoms with Crippen molar-refractivity contribution >= 4 is 21.4 Å². The van der Waals surface area contributed by atoms with Gasteiger partial charge in [-0.05, 0) is 11.4 Å². The topological polar surface area (TPSA) is 76.1 Å². The maximum Gasteiger partial charge on any atom is 0.244 e. The predicted octanol–water partition coefficient (Wildman–Crippen LogP) is 0.524. The highest BCUT2D eigenvalue weighted by atomic mass is 32.2. The van der Waals surface area contributed by atoms with Crippen molar-refractivity contribution < 1.29 is 23.0 Å². The monoisotopic (exact) mass is 309 g/mol. The van der Waals surface area contributed by atoms with E-state index in [0.717, 1.165) is 0 Å². The van der Waals surface area contributed by atoms with Gasteiger partial charge in [0.05, 0.1) is 24.7 Å². The summed E-state index contributed by atoms with van der Waals surface area (Å²) in [4.78, 5) is 0.604. The number of methoxy groups -OCH3 is 2. The summed E-state index contributed by atoms with van der Waals surface area (Å²) in [5.74, 6) is 0. The molecule has 1 heterocycles. The van der Waals surface area contributed by atoms with E-state index >= 15 is 0 Å². The number of aliphatic hydroxyl groups excluding tert-OH is 1. The first-order valence-corrected chi connectivity index (χ1v) is 8.05. The lowest BCUT2D eigenvalue weighted by Crippen LogP contribution is -2.36. The second-order valence-electron chi connectivity index (χ2n) is 3.76. The first-order chi connectivity index (χ1) is 9.07. The van der Waals surface area contributed by atoms with Gasteiger partial charge in [-0.25, -0.2) is 8.42 Å². The minimum absolute atomic E-state index is 0.159. The van der Waals surface area contributed by atoms with Crippen molar-refractivity contribution in [3.8, 4) is 0 Å².